The van der Waals surface area contributed by atoms with Crippen molar-refractivity contribution in [2.45, 2.75) is 6.61 Å². The first-order valence-corrected chi connectivity index (χ1v) is 6.21. The van der Waals surface area contributed by atoms with Crippen LogP contribution in [0.4, 0.5) is 10.5 Å². The average molecular weight is 286 g/mol. The zero-order chi connectivity index (χ0) is 15.1. The maximum absolute atomic E-state index is 11.7. The molecule has 0 aliphatic heterocycles. The Labute approximate surface area is 121 Å². The minimum Gasteiger partial charge on any atom is -0.465 e. The van der Waals surface area contributed by atoms with Crippen LogP contribution in [0.3, 0.4) is 0 Å². The molecule has 2 aromatic rings. The van der Waals surface area contributed by atoms with E-state index in [0.717, 1.165) is 0 Å². The zero-order valence-electron chi connectivity index (χ0n) is 11.4. The van der Waals surface area contributed by atoms with E-state index >= 15 is 0 Å². The highest BCUT2D eigenvalue weighted by Gasteiger charge is 2.13. The van der Waals surface area contributed by atoms with Crippen LogP contribution in [-0.4, -0.2) is 24.2 Å². The van der Waals surface area contributed by atoms with Gasteiger partial charge in [0.2, 0.25) is 0 Å². The van der Waals surface area contributed by atoms with Gasteiger partial charge in [-0.15, -0.1) is 0 Å². The number of pyridine rings is 1. The summed E-state index contributed by atoms with van der Waals surface area (Å²) in [4.78, 5) is 27.3. The molecule has 0 aliphatic rings. The van der Waals surface area contributed by atoms with Crippen LogP contribution in [-0.2, 0) is 16.1 Å². The van der Waals surface area contributed by atoms with Gasteiger partial charge in [0, 0.05) is 6.20 Å². The van der Waals surface area contributed by atoms with Gasteiger partial charge in [-0.2, -0.15) is 0 Å². The molecule has 1 amide bonds. The van der Waals surface area contributed by atoms with Crippen molar-refractivity contribution in [2.24, 2.45) is 0 Å². The van der Waals surface area contributed by atoms with Gasteiger partial charge in [-0.1, -0.05) is 18.2 Å². The summed E-state index contributed by atoms with van der Waals surface area (Å²) >= 11 is 0. The average Bonchev–Trinajstić information content (AvgIpc) is 2.54. The summed E-state index contributed by atoms with van der Waals surface area (Å²) < 4.78 is 9.68. The lowest BCUT2D eigenvalue weighted by atomic mass is 10.2. The van der Waals surface area contributed by atoms with Gasteiger partial charge in [0.25, 0.3) is 0 Å². The third-order valence-corrected chi connectivity index (χ3v) is 2.65. The SMILES string of the molecule is COC(=O)c1ccccc1NC(=O)OCc1ccccn1. The Kier molecular flexibility index (Phi) is 4.87. The van der Waals surface area contributed by atoms with E-state index in [0.29, 0.717) is 11.4 Å². The number of rotatable bonds is 4. The number of carbonyl (C=O) groups is 2. The quantitative estimate of drug-likeness (QED) is 0.874. The summed E-state index contributed by atoms with van der Waals surface area (Å²) in [6.45, 7) is 0.0487. The van der Waals surface area contributed by atoms with Crippen LogP contribution >= 0.6 is 0 Å². The molecule has 1 aromatic carbocycles. The molecule has 6 nitrogen and oxygen atoms in total. The Balaban J connectivity index is 1.98. The molecule has 6 heteroatoms. The Morgan fingerprint density at radius 1 is 1.14 bits per heavy atom. The number of nitrogens with one attached hydrogen (secondary N) is 1. The van der Waals surface area contributed by atoms with Crippen molar-refractivity contribution in [3.8, 4) is 0 Å². The number of hydrogen-bond acceptors (Lipinski definition) is 5. The summed E-state index contributed by atoms with van der Waals surface area (Å²) in [6.07, 6.45) is 0.945. The Bertz CT molecular complexity index is 629. The highest BCUT2D eigenvalue weighted by atomic mass is 16.5. The minimum absolute atomic E-state index is 0.0487. The second-order valence-corrected chi connectivity index (χ2v) is 4.06. The number of esters is 1. The molecule has 0 radical (unpaired) electrons. The highest BCUT2D eigenvalue weighted by Crippen LogP contribution is 2.16. The minimum atomic E-state index is -0.669. The highest BCUT2D eigenvalue weighted by molar-refractivity contribution is 5.99. The summed E-state index contributed by atoms with van der Waals surface area (Å²) in [5, 5.41) is 2.51. The maximum Gasteiger partial charge on any atom is 0.412 e. The van der Waals surface area contributed by atoms with E-state index in [1.807, 2.05) is 0 Å². The molecule has 21 heavy (non-hydrogen) atoms. The smallest absolute Gasteiger partial charge is 0.412 e. The van der Waals surface area contributed by atoms with Crippen molar-refractivity contribution in [1.29, 1.82) is 0 Å². The second-order valence-electron chi connectivity index (χ2n) is 4.06. The summed E-state index contributed by atoms with van der Waals surface area (Å²) in [6, 6.07) is 11.8. The van der Waals surface area contributed by atoms with Crippen molar-refractivity contribution in [3.05, 3.63) is 59.9 Å². The Morgan fingerprint density at radius 2 is 1.90 bits per heavy atom. The van der Waals surface area contributed by atoms with E-state index in [2.05, 4.69) is 15.0 Å². The molecule has 0 saturated carbocycles. The Hall–Kier alpha value is -2.89. The molecule has 108 valence electrons. The first kappa shape index (κ1) is 14.5. The van der Waals surface area contributed by atoms with Crippen LogP contribution in [0.1, 0.15) is 16.1 Å². The van der Waals surface area contributed by atoms with Crippen LogP contribution in [0, 0.1) is 0 Å². The van der Waals surface area contributed by atoms with E-state index in [1.165, 1.54) is 7.11 Å². The first-order valence-electron chi connectivity index (χ1n) is 6.21. The molecular weight excluding hydrogens is 272 g/mol. The predicted octanol–water partition coefficient (Wildman–Crippen LogP) is 2.62. The molecule has 2 rings (SSSR count). The number of para-hydroxylation sites is 1. The van der Waals surface area contributed by atoms with E-state index in [9.17, 15) is 9.59 Å². The number of hydrogen-bond donors (Lipinski definition) is 1. The number of aromatic nitrogens is 1. The lowest BCUT2D eigenvalue weighted by molar-refractivity contribution is 0.0602. The van der Waals surface area contributed by atoms with Gasteiger partial charge >= 0.3 is 12.1 Å². The predicted molar refractivity (Wildman–Crippen MR) is 75.8 cm³/mol. The van der Waals surface area contributed by atoms with Crippen molar-refractivity contribution >= 4 is 17.7 Å². The Morgan fingerprint density at radius 3 is 2.62 bits per heavy atom. The van der Waals surface area contributed by atoms with E-state index < -0.39 is 12.1 Å². The van der Waals surface area contributed by atoms with Gasteiger partial charge in [-0.3, -0.25) is 10.3 Å². The molecule has 0 aliphatic carbocycles. The summed E-state index contributed by atoms with van der Waals surface area (Å²) in [7, 11) is 1.28. The van der Waals surface area contributed by atoms with Crippen LogP contribution < -0.4 is 5.32 Å². The van der Waals surface area contributed by atoms with Crippen LogP contribution in [0.15, 0.2) is 48.7 Å². The first-order chi connectivity index (χ1) is 10.2. The number of anilines is 1. The molecular formula is C15H14N2O4. The second kappa shape index (κ2) is 7.04. The fourth-order valence-corrected chi connectivity index (χ4v) is 1.65. The van der Waals surface area contributed by atoms with Crippen molar-refractivity contribution in [2.75, 3.05) is 12.4 Å². The van der Waals surface area contributed by atoms with Gasteiger partial charge in [0.15, 0.2) is 0 Å². The topological polar surface area (TPSA) is 77.5 Å². The van der Waals surface area contributed by atoms with Gasteiger partial charge in [-0.05, 0) is 24.3 Å². The van der Waals surface area contributed by atoms with E-state index in [1.54, 1.807) is 48.7 Å². The molecule has 1 heterocycles. The molecule has 0 saturated heterocycles. The van der Waals surface area contributed by atoms with Crippen LogP contribution in [0.25, 0.3) is 0 Å². The summed E-state index contributed by atoms with van der Waals surface area (Å²) in [5.74, 6) is -0.532. The van der Waals surface area contributed by atoms with Crippen molar-refractivity contribution in [3.63, 3.8) is 0 Å². The molecule has 0 unspecified atom stereocenters. The largest absolute Gasteiger partial charge is 0.465 e. The number of carbonyl (C=O) groups excluding carboxylic acids is 2. The molecule has 0 bridgehead atoms. The van der Waals surface area contributed by atoms with Gasteiger partial charge in [-0.25, -0.2) is 9.59 Å². The number of ether oxygens (including phenoxy) is 2. The molecule has 1 aromatic heterocycles. The molecule has 0 fully saturated rings. The van der Waals surface area contributed by atoms with E-state index in [-0.39, 0.29) is 12.2 Å². The maximum atomic E-state index is 11.7. The third-order valence-electron chi connectivity index (χ3n) is 2.65. The van der Waals surface area contributed by atoms with E-state index in [4.69, 9.17) is 4.74 Å². The van der Waals surface area contributed by atoms with Crippen molar-refractivity contribution < 1.29 is 19.1 Å². The van der Waals surface area contributed by atoms with Gasteiger partial charge in [0.1, 0.15) is 6.61 Å². The number of amides is 1. The van der Waals surface area contributed by atoms with Gasteiger partial charge in [0.05, 0.1) is 24.1 Å². The fourth-order valence-electron chi connectivity index (χ4n) is 1.65. The standard InChI is InChI=1S/C15H14N2O4/c1-20-14(18)12-7-2-3-8-13(12)17-15(19)21-10-11-6-4-5-9-16-11/h2-9H,10H2,1H3,(H,17,19). The molecule has 0 atom stereocenters. The number of nitrogens with zero attached hydrogens (tertiary/aromatic N) is 1. The molecule has 1 N–H and O–H groups in total. The lowest BCUT2D eigenvalue weighted by Crippen LogP contribution is -2.16. The monoisotopic (exact) mass is 286 g/mol. The zero-order valence-corrected chi connectivity index (χ0v) is 11.4. The number of methoxy groups -OCH3 is 1. The lowest BCUT2D eigenvalue weighted by Gasteiger charge is -2.09. The molecule has 0 spiro atoms. The van der Waals surface area contributed by atoms with Crippen molar-refractivity contribution in [1.82, 2.24) is 4.98 Å². The van der Waals surface area contributed by atoms with Crippen LogP contribution in [0.5, 0.6) is 0 Å². The number of benzene rings is 1. The van der Waals surface area contributed by atoms with Crippen LogP contribution in [0.2, 0.25) is 0 Å². The van der Waals surface area contributed by atoms with Gasteiger partial charge < -0.3 is 9.47 Å². The summed E-state index contributed by atoms with van der Waals surface area (Å²) in [5.41, 5.74) is 1.22. The third kappa shape index (κ3) is 4.04. The normalized spacial score (nSPS) is 9.76. The fraction of sp³-hybridized carbons (Fsp3) is 0.133.